The molecule has 2 aromatic rings. The van der Waals surface area contributed by atoms with E-state index in [9.17, 15) is 4.79 Å². The summed E-state index contributed by atoms with van der Waals surface area (Å²) in [7, 11) is 2.98. The maximum absolute atomic E-state index is 11.9. The molecule has 0 atom stereocenters. The maximum Gasteiger partial charge on any atom is 0.273 e. The summed E-state index contributed by atoms with van der Waals surface area (Å²) < 4.78 is 10.3. The number of nitrogens with zero attached hydrogens (tertiary/aromatic N) is 1. The Balaban J connectivity index is 2.31. The van der Waals surface area contributed by atoms with E-state index in [4.69, 9.17) is 21.1 Å². The van der Waals surface area contributed by atoms with Crippen LogP contribution in [0.15, 0.2) is 24.4 Å². The number of nitrogens with one attached hydrogen (secondary N) is 2. The Morgan fingerprint density at radius 2 is 2.05 bits per heavy atom. The highest BCUT2D eigenvalue weighted by Crippen LogP contribution is 2.35. The Morgan fingerprint density at radius 3 is 2.63 bits per heavy atom. The Kier molecular flexibility index (Phi) is 3.91. The molecule has 0 aliphatic rings. The number of carbonyl (C=O) groups excluding carboxylic acids is 1. The second-order valence-corrected chi connectivity index (χ2v) is 4.02. The van der Waals surface area contributed by atoms with Gasteiger partial charge in [0.2, 0.25) is 0 Å². The summed E-state index contributed by atoms with van der Waals surface area (Å²) in [4.78, 5) is 11.9. The highest BCUT2D eigenvalue weighted by Gasteiger charge is 2.14. The first-order valence-electron chi connectivity index (χ1n) is 5.38. The predicted molar refractivity (Wildman–Crippen MR) is 71.1 cm³/mol. The van der Waals surface area contributed by atoms with E-state index in [-0.39, 0.29) is 5.91 Å². The summed E-state index contributed by atoms with van der Waals surface area (Å²) >= 11 is 5.98. The zero-order chi connectivity index (χ0) is 13.8. The normalized spacial score (nSPS) is 10.1. The zero-order valence-electron chi connectivity index (χ0n) is 10.4. The number of anilines is 1. The number of ether oxygens (including phenoxy) is 2. The van der Waals surface area contributed by atoms with Crippen LogP contribution in [-0.4, -0.2) is 30.3 Å². The van der Waals surface area contributed by atoms with Crippen molar-refractivity contribution in [2.24, 2.45) is 0 Å². The van der Waals surface area contributed by atoms with Crippen LogP contribution < -0.4 is 14.8 Å². The number of methoxy groups -OCH3 is 2. The van der Waals surface area contributed by atoms with Gasteiger partial charge in [-0.15, -0.1) is 0 Å². The number of benzene rings is 1. The minimum atomic E-state index is -0.333. The van der Waals surface area contributed by atoms with Gasteiger partial charge in [0.15, 0.2) is 0 Å². The fourth-order valence-corrected chi connectivity index (χ4v) is 1.76. The molecule has 2 N–H and O–H groups in total. The highest BCUT2D eigenvalue weighted by molar-refractivity contribution is 6.32. The Morgan fingerprint density at radius 1 is 1.32 bits per heavy atom. The minimum absolute atomic E-state index is 0.333. The molecule has 100 valence electrons. The van der Waals surface area contributed by atoms with Crippen molar-refractivity contribution in [3.05, 3.63) is 35.1 Å². The minimum Gasteiger partial charge on any atom is -0.495 e. The number of hydrogen-bond acceptors (Lipinski definition) is 4. The molecule has 1 aromatic carbocycles. The molecule has 0 radical (unpaired) electrons. The molecule has 0 unspecified atom stereocenters. The standard InChI is InChI=1S/C12H12ClN3O3/c1-18-10-6-9(11(19-2)5-7(10)13)15-12(17)8-3-4-14-16-8/h3-6H,1-2H3,(H,14,16)(H,15,17). The molecular weight excluding hydrogens is 270 g/mol. The molecule has 19 heavy (non-hydrogen) atoms. The highest BCUT2D eigenvalue weighted by atomic mass is 35.5. The van der Waals surface area contributed by atoms with E-state index in [0.29, 0.717) is 27.9 Å². The van der Waals surface area contributed by atoms with Gasteiger partial charge in [-0.25, -0.2) is 0 Å². The largest absolute Gasteiger partial charge is 0.495 e. The maximum atomic E-state index is 11.9. The number of aromatic amines is 1. The van der Waals surface area contributed by atoms with Crippen molar-refractivity contribution in [2.75, 3.05) is 19.5 Å². The Hall–Kier alpha value is -2.21. The second-order valence-electron chi connectivity index (χ2n) is 3.61. The first kappa shape index (κ1) is 13.2. The third-order valence-electron chi connectivity index (χ3n) is 2.47. The van der Waals surface area contributed by atoms with E-state index in [2.05, 4.69) is 15.5 Å². The van der Waals surface area contributed by atoms with Crippen LogP contribution in [0.4, 0.5) is 5.69 Å². The van der Waals surface area contributed by atoms with E-state index in [1.807, 2.05) is 0 Å². The average molecular weight is 282 g/mol. The van der Waals surface area contributed by atoms with Gasteiger partial charge in [0, 0.05) is 18.3 Å². The summed E-state index contributed by atoms with van der Waals surface area (Å²) in [6.45, 7) is 0. The Labute approximate surface area is 114 Å². The second kappa shape index (κ2) is 5.62. The lowest BCUT2D eigenvalue weighted by atomic mass is 10.2. The monoisotopic (exact) mass is 281 g/mol. The van der Waals surface area contributed by atoms with Gasteiger partial charge in [0.1, 0.15) is 17.2 Å². The van der Waals surface area contributed by atoms with Crippen LogP contribution in [0.3, 0.4) is 0 Å². The van der Waals surface area contributed by atoms with E-state index in [0.717, 1.165) is 0 Å². The summed E-state index contributed by atoms with van der Waals surface area (Å²) in [5.41, 5.74) is 0.805. The molecule has 6 nitrogen and oxygen atoms in total. The molecular formula is C12H12ClN3O3. The predicted octanol–water partition coefficient (Wildman–Crippen LogP) is 2.33. The number of hydrogen-bond donors (Lipinski definition) is 2. The van der Waals surface area contributed by atoms with Crippen molar-refractivity contribution in [2.45, 2.75) is 0 Å². The molecule has 1 heterocycles. The first-order valence-corrected chi connectivity index (χ1v) is 5.75. The molecule has 0 aliphatic carbocycles. The number of halogens is 1. The lowest BCUT2D eigenvalue weighted by molar-refractivity contribution is 0.102. The van der Waals surface area contributed by atoms with Gasteiger partial charge in [0.25, 0.3) is 5.91 Å². The van der Waals surface area contributed by atoms with Gasteiger partial charge in [0.05, 0.1) is 24.9 Å². The van der Waals surface area contributed by atoms with Crippen molar-refractivity contribution in [3.8, 4) is 11.5 Å². The number of amides is 1. The van der Waals surface area contributed by atoms with Crippen LogP contribution >= 0.6 is 11.6 Å². The van der Waals surface area contributed by atoms with Gasteiger partial charge in [-0.3, -0.25) is 9.89 Å². The lowest BCUT2D eigenvalue weighted by Crippen LogP contribution is -2.13. The Bertz CT molecular complexity index is 584. The van der Waals surface area contributed by atoms with Gasteiger partial charge >= 0.3 is 0 Å². The molecule has 1 aromatic heterocycles. The molecule has 1 amide bonds. The average Bonchev–Trinajstić information content (AvgIpc) is 2.94. The molecule has 2 rings (SSSR count). The molecule has 0 saturated carbocycles. The fraction of sp³-hybridized carbons (Fsp3) is 0.167. The molecule has 7 heteroatoms. The van der Waals surface area contributed by atoms with Crippen LogP contribution in [0, 0.1) is 0 Å². The van der Waals surface area contributed by atoms with Crippen LogP contribution in [0.25, 0.3) is 0 Å². The topological polar surface area (TPSA) is 76.2 Å². The van der Waals surface area contributed by atoms with E-state index in [1.54, 1.807) is 18.2 Å². The molecule has 0 saturated heterocycles. The third kappa shape index (κ3) is 2.79. The van der Waals surface area contributed by atoms with E-state index in [1.165, 1.54) is 20.4 Å². The van der Waals surface area contributed by atoms with Crippen LogP contribution in [-0.2, 0) is 0 Å². The smallest absolute Gasteiger partial charge is 0.273 e. The molecule has 0 bridgehead atoms. The van der Waals surface area contributed by atoms with Gasteiger partial charge < -0.3 is 14.8 Å². The lowest BCUT2D eigenvalue weighted by Gasteiger charge is -2.12. The summed E-state index contributed by atoms with van der Waals surface area (Å²) in [5, 5.41) is 9.38. The summed E-state index contributed by atoms with van der Waals surface area (Å²) in [6, 6.07) is 4.73. The molecule has 0 spiro atoms. The summed E-state index contributed by atoms with van der Waals surface area (Å²) in [5.74, 6) is 0.557. The van der Waals surface area contributed by atoms with Crippen molar-refractivity contribution in [3.63, 3.8) is 0 Å². The van der Waals surface area contributed by atoms with Gasteiger partial charge in [-0.05, 0) is 6.07 Å². The summed E-state index contributed by atoms with van der Waals surface area (Å²) in [6.07, 6.45) is 1.49. The van der Waals surface area contributed by atoms with E-state index >= 15 is 0 Å². The van der Waals surface area contributed by atoms with Crippen molar-refractivity contribution < 1.29 is 14.3 Å². The quantitative estimate of drug-likeness (QED) is 0.902. The molecule has 0 fully saturated rings. The zero-order valence-corrected chi connectivity index (χ0v) is 11.1. The SMILES string of the molecule is COc1cc(NC(=O)c2ccn[nH]2)c(OC)cc1Cl. The van der Waals surface area contributed by atoms with Crippen molar-refractivity contribution in [1.29, 1.82) is 0 Å². The van der Waals surface area contributed by atoms with Gasteiger partial charge in [-0.2, -0.15) is 5.10 Å². The number of H-pyrrole nitrogens is 1. The number of carbonyl (C=O) groups is 1. The van der Waals surface area contributed by atoms with Crippen LogP contribution in [0.5, 0.6) is 11.5 Å². The van der Waals surface area contributed by atoms with Gasteiger partial charge in [-0.1, -0.05) is 11.6 Å². The number of rotatable bonds is 4. The molecule has 0 aliphatic heterocycles. The number of aromatic nitrogens is 2. The van der Waals surface area contributed by atoms with Crippen molar-refractivity contribution >= 4 is 23.2 Å². The fourth-order valence-electron chi connectivity index (χ4n) is 1.53. The van der Waals surface area contributed by atoms with Crippen molar-refractivity contribution in [1.82, 2.24) is 10.2 Å². The first-order chi connectivity index (χ1) is 9.15. The van der Waals surface area contributed by atoms with Crippen LogP contribution in [0.1, 0.15) is 10.5 Å². The van der Waals surface area contributed by atoms with Crippen LogP contribution in [0.2, 0.25) is 5.02 Å². The van der Waals surface area contributed by atoms with E-state index < -0.39 is 0 Å². The third-order valence-corrected chi connectivity index (χ3v) is 2.76.